The molecule has 15 nitrogen and oxygen atoms in total. The molecule has 0 saturated carbocycles. The lowest BCUT2D eigenvalue weighted by molar-refractivity contribution is -0.143. The number of carbonyl (C=O) groups is 5. The van der Waals surface area contributed by atoms with E-state index in [1.165, 1.54) is 0 Å². The van der Waals surface area contributed by atoms with E-state index in [9.17, 15) is 34.2 Å². The minimum absolute atomic E-state index is 0.0204. The monoisotopic (exact) mass is 530 g/mol. The highest BCUT2D eigenvalue weighted by Gasteiger charge is 2.31. The topological polar surface area (TPSA) is 278 Å². The second-order valence-corrected chi connectivity index (χ2v) is 8.76. The maximum absolute atomic E-state index is 12.9. The van der Waals surface area contributed by atoms with E-state index >= 15 is 0 Å². The van der Waals surface area contributed by atoms with E-state index in [0.29, 0.717) is 25.8 Å². The molecule has 0 bridgehead atoms. The van der Waals surface area contributed by atoms with Crippen LogP contribution in [0.15, 0.2) is 4.99 Å². The summed E-state index contributed by atoms with van der Waals surface area (Å²) < 4.78 is 0. The summed E-state index contributed by atoms with van der Waals surface area (Å²) in [7, 11) is 0. The van der Waals surface area contributed by atoms with Gasteiger partial charge in [0.15, 0.2) is 5.96 Å². The Balaban J connectivity index is 5.55. The van der Waals surface area contributed by atoms with Crippen molar-refractivity contribution in [3.8, 4) is 0 Å². The Morgan fingerprint density at radius 1 is 0.838 bits per heavy atom. The van der Waals surface area contributed by atoms with E-state index in [1.54, 1.807) is 6.92 Å². The molecule has 0 saturated heterocycles. The molecule has 212 valence electrons. The summed E-state index contributed by atoms with van der Waals surface area (Å²) in [4.78, 5) is 65.0. The van der Waals surface area contributed by atoms with Gasteiger partial charge in [-0.05, 0) is 44.6 Å². The minimum atomic E-state index is -1.50. The number of hydrogen-bond acceptors (Lipinski definition) is 8. The van der Waals surface area contributed by atoms with Crippen molar-refractivity contribution in [2.45, 2.75) is 83.0 Å². The predicted molar refractivity (Wildman–Crippen MR) is 136 cm³/mol. The van der Waals surface area contributed by atoms with Crippen molar-refractivity contribution in [1.82, 2.24) is 16.0 Å². The van der Waals surface area contributed by atoms with Gasteiger partial charge in [0.1, 0.15) is 18.1 Å². The van der Waals surface area contributed by atoms with E-state index < -0.39 is 60.2 Å². The highest BCUT2D eigenvalue weighted by molar-refractivity contribution is 5.95. The third-order valence-corrected chi connectivity index (χ3v) is 5.71. The number of aliphatic imine (C=N–C) groups is 1. The van der Waals surface area contributed by atoms with Gasteiger partial charge in [-0.1, -0.05) is 20.3 Å². The van der Waals surface area contributed by atoms with Crippen LogP contribution in [-0.2, 0) is 24.0 Å². The lowest BCUT2D eigenvalue weighted by Gasteiger charge is -2.25. The molecule has 0 rings (SSSR count). The van der Waals surface area contributed by atoms with Crippen molar-refractivity contribution in [3.63, 3.8) is 0 Å². The van der Waals surface area contributed by atoms with E-state index in [0.717, 1.165) is 0 Å². The van der Waals surface area contributed by atoms with Crippen molar-refractivity contribution in [2.75, 3.05) is 13.1 Å². The molecule has 0 spiro atoms. The number of unbranched alkanes of at least 4 members (excludes halogenated alkanes) is 1. The Kier molecular flexibility index (Phi) is 16.2. The quantitative estimate of drug-likeness (QED) is 0.0480. The number of aliphatic carboxylic acids is 2. The number of nitrogens with two attached hydrogens (primary N) is 4. The fraction of sp³-hybridized carbons (Fsp3) is 0.727. The first-order valence-electron chi connectivity index (χ1n) is 12.2. The zero-order valence-electron chi connectivity index (χ0n) is 21.4. The lowest BCUT2D eigenvalue weighted by Crippen LogP contribution is -2.58. The Hall–Kier alpha value is -3.46. The van der Waals surface area contributed by atoms with E-state index in [2.05, 4.69) is 20.9 Å². The molecule has 5 atom stereocenters. The van der Waals surface area contributed by atoms with Gasteiger partial charge in [0.25, 0.3) is 0 Å². The van der Waals surface area contributed by atoms with E-state index in [1.807, 2.05) is 6.92 Å². The largest absolute Gasteiger partial charge is 0.481 e. The summed E-state index contributed by atoms with van der Waals surface area (Å²) in [6.07, 6.45) is 1.19. The van der Waals surface area contributed by atoms with Crippen LogP contribution in [0.1, 0.15) is 58.8 Å². The number of hydrogen-bond donors (Lipinski definition) is 9. The highest BCUT2D eigenvalue weighted by atomic mass is 16.4. The maximum Gasteiger partial charge on any atom is 0.326 e. The van der Waals surface area contributed by atoms with E-state index in [-0.39, 0.29) is 37.7 Å². The molecule has 0 radical (unpaired) electrons. The molecular formula is C22H42N8O7. The molecule has 0 aromatic heterocycles. The Bertz CT molecular complexity index is 804. The van der Waals surface area contributed by atoms with Crippen LogP contribution in [0.3, 0.4) is 0 Å². The summed E-state index contributed by atoms with van der Waals surface area (Å²) >= 11 is 0. The summed E-state index contributed by atoms with van der Waals surface area (Å²) in [6, 6.07) is -4.94. The zero-order valence-corrected chi connectivity index (χ0v) is 21.4. The standard InChI is InChI=1S/C22H42N8O7/c1-3-12(2)17(24)20(35)30-15(11-16(31)32)19(34)28-13(7-4-5-9-23)18(33)29-14(21(36)37)8-6-10-27-22(25)26/h12-15,17H,3-11,23-24H2,1-2H3,(H,28,34)(H,29,33)(H,30,35)(H,31,32)(H,36,37)(H4,25,26,27). The number of nitrogens with one attached hydrogen (secondary N) is 3. The minimum Gasteiger partial charge on any atom is -0.481 e. The first-order chi connectivity index (χ1) is 17.3. The van der Waals surface area contributed by atoms with Crippen molar-refractivity contribution in [3.05, 3.63) is 0 Å². The third kappa shape index (κ3) is 14.0. The van der Waals surface area contributed by atoms with Crippen molar-refractivity contribution in [2.24, 2.45) is 33.8 Å². The van der Waals surface area contributed by atoms with Gasteiger partial charge in [0, 0.05) is 6.54 Å². The van der Waals surface area contributed by atoms with Crippen LogP contribution in [0, 0.1) is 5.92 Å². The van der Waals surface area contributed by atoms with Gasteiger partial charge < -0.3 is 49.1 Å². The van der Waals surface area contributed by atoms with Gasteiger partial charge in [-0.2, -0.15) is 0 Å². The second kappa shape index (κ2) is 17.9. The number of carbonyl (C=O) groups excluding carboxylic acids is 3. The third-order valence-electron chi connectivity index (χ3n) is 5.71. The molecule has 15 heteroatoms. The van der Waals surface area contributed by atoms with Gasteiger partial charge in [0.05, 0.1) is 12.5 Å². The summed E-state index contributed by atoms with van der Waals surface area (Å²) in [5, 5.41) is 25.9. The van der Waals surface area contributed by atoms with Crippen LogP contribution in [0.5, 0.6) is 0 Å². The van der Waals surface area contributed by atoms with Gasteiger partial charge in [-0.15, -0.1) is 0 Å². The molecule has 0 aliphatic heterocycles. The number of nitrogens with zero attached hydrogens (tertiary/aromatic N) is 1. The Morgan fingerprint density at radius 3 is 1.89 bits per heavy atom. The average Bonchev–Trinajstić information content (AvgIpc) is 2.82. The summed E-state index contributed by atoms with van der Waals surface area (Å²) in [5.74, 6) is -5.41. The Labute approximate surface area is 216 Å². The fourth-order valence-corrected chi connectivity index (χ4v) is 3.23. The van der Waals surface area contributed by atoms with Crippen LogP contribution in [0.2, 0.25) is 0 Å². The first kappa shape index (κ1) is 33.5. The molecule has 37 heavy (non-hydrogen) atoms. The molecule has 0 fully saturated rings. The second-order valence-electron chi connectivity index (χ2n) is 8.76. The smallest absolute Gasteiger partial charge is 0.326 e. The van der Waals surface area contributed by atoms with Gasteiger partial charge in [0.2, 0.25) is 17.7 Å². The van der Waals surface area contributed by atoms with Crippen LogP contribution >= 0.6 is 0 Å². The molecule has 0 heterocycles. The molecule has 13 N–H and O–H groups in total. The van der Waals surface area contributed by atoms with Gasteiger partial charge in [-0.25, -0.2) is 4.79 Å². The number of amides is 3. The first-order valence-corrected chi connectivity index (χ1v) is 12.2. The molecule has 3 amide bonds. The number of carboxylic acids is 2. The molecule has 5 unspecified atom stereocenters. The van der Waals surface area contributed by atoms with Crippen molar-refractivity contribution >= 4 is 35.6 Å². The zero-order chi connectivity index (χ0) is 28.5. The fourth-order valence-electron chi connectivity index (χ4n) is 3.23. The predicted octanol–water partition coefficient (Wildman–Crippen LogP) is -2.44. The maximum atomic E-state index is 12.9. The van der Waals surface area contributed by atoms with Crippen molar-refractivity contribution in [1.29, 1.82) is 0 Å². The molecule has 0 aliphatic carbocycles. The molecule has 0 aromatic rings. The SMILES string of the molecule is CCC(C)C(N)C(=O)NC(CC(=O)O)C(=O)NC(CCCCN)C(=O)NC(CCCN=C(N)N)C(=O)O. The molecular weight excluding hydrogens is 488 g/mol. The Morgan fingerprint density at radius 2 is 1.38 bits per heavy atom. The molecule has 0 aromatic carbocycles. The summed E-state index contributed by atoms with van der Waals surface area (Å²) in [6.45, 7) is 4.06. The van der Waals surface area contributed by atoms with Crippen LogP contribution < -0.4 is 38.9 Å². The van der Waals surface area contributed by atoms with Crippen molar-refractivity contribution < 1.29 is 34.2 Å². The van der Waals surface area contributed by atoms with Gasteiger partial charge in [-0.3, -0.25) is 24.2 Å². The number of rotatable bonds is 19. The van der Waals surface area contributed by atoms with Crippen LogP contribution in [0.4, 0.5) is 0 Å². The summed E-state index contributed by atoms with van der Waals surface area (Å²) in [5.41, 5.74) is 21.9. The number of carboxylic acid groups (broad SMARTS) is 2. The van der Waals surface area contributed by atoms with Crippen LogP contribution in [0.25, 0.3) is 0 Å². The van der Waals surface area contributed by atoms with Crippen LogP contribution in [-0.4, -0.2) is 83.1 Å². The normalized spacial score (nSPS) is 14.8. The molecule has 0 aliphatic rings. The lowest BCUT2D eigenvalue weighted by atomic mass is 9.99. The van der Waals surface area contributed by atoms with E-state index in [4.69, 9.17) is 22.9 Å². The highest BCUT2D eigenvalue weighted by Crippen LogP contribution is 2.08. The van der Waals surface area contributed by atoms with Gasteiger partial charge >= 0.3 is 11.9 Å². The number of guanidine groups is 1. The average molecular weight is 531 g/mol.